The van der Waals surface area contributed by atoms with Crippen LogP contribution in [-0.4, -0.2) is 18.2 Å². The fourth-order valence-electron chi connectivity index (χ4n) is 3.32. The number of fused-ring (bicyclic) bond motifs is 2. The third kappa shape index (κ3) is 2.38. The molecule has 2 N–H and O–H groups in total. The Hall–Kier alpha value is -0.860. The smallest absolute Gasteiger partial charge is 0.0623 e. The van der Waals surface area contributed by atoms with E-state index in [9.17, 15) is 0 Å². The van der Waals surface area contributed by atoms with Gasteiger partial charge in [0, 0.05) is 12.0 Å². The Bertz CT molecular complexity index is 364. The first kappa shape index (κ1) is 11.2. The second kappa shape index (κ2) is 4.79. The van der Waals surface area contributed by atoms with Crippen molar-refractivity contribution in [1.29, 1.82) is 0 Å². The van der Waals surface area contributed by atoms with Crippen molar-refractivity contribution >= 4 is 0 Å². The molecule has 0 spiro atoms. The first-order valence-electron chi connectivity index (χ1n) is 6.78. The largest absolute Gasteiger partial charge is 0.375 e. The van der Waals surface area contributed by atoms with Gasteiger partial charge in [-0.2, -0.15) is 0 Å². The Kier molecular flexibility index (Phi) is 3.17. The highest BCUT2D eigenvalue weighted by molar-refractivity contribution is 5.15. The summed E-state index contributed by atoms with van der Waals surface area (Å²) in [6.45, 7) is 0. The molecule has 3 rings (SSSR count). The van der Waals surface area contributed by atoms with Crippen molar-refractivity contribution in [2.24, 2.45) is 11.7 Å². The van der Waals surface area contributed by atoms with Crippen LogP contribution >= 0.6 is 0 Å². The van der Waals surface area contributed by atoms with Crippen molar-refractivity contribution < 1.29 is 4.74 Å². The predicted molar refractivity (Wildman–Crippen MR) is 68.7 cm³/mol. The zero-order valence-electron chi connectivity index (χ0n) is 10.2. The lowest BCUT2D eigenvalue weighted by Gasteiger charge is -2.25. The molecule has 17 heavy (non-hydrogen) atoms. The molecule has 4 atom stereocenters. The van der Waals surface area contributed by atoms with Gasteiger partial charge in [-0.25, -0.2) is 0 Å². The highest BCUT2D eigenvalue weighted by Crippen LogP contribution is 2.40. The van der Waals surface area contributed by atoms with Gasteiger partial charge in [-0.05, 0) is 37.7 Å². The van der Waals surface area contributed by atoms with Gasteiger partial charge in [-0.1, -0.05) is 30.3 Å². The second-order valence-electron chi connectivity index (χ2n) is 5.46. The maximum atomic E-state index is 6.33. The Balaban J connectivity index is 1.52. The minimum Gasteiger partial charge on any atom is -0.375 e. The third-order valence-corrected chi connectivity index (χ3v) is 4.31. The molecule has 0 saturated carbocycles. The molecule has 0 radical (unpaired) electrons. The number of ether oxygens (including phenoxy) is 1. The number of hydrogen-bond acceptors (Lipinski definition) is 2. The lowest BCUT2D eigenvalue weighted by molar-refractivity contribution is 0.0879. The van der Waals surface area contributed by atoms with E-state index in [2.05, 4.69) is 30.3 Å². The average Bonchev–Trinajstić information content (AvgIpc) is 2.99. The Morgan fingerprint density at radius 3 is 2.71 bits per heavy atom. The molecule has 2 fully saturated rings. The molecule has 2 nitrogen and oxygen atoms in total. The van der Waals surface area contributed by atoms with E-state index < -0.39 is 0 Å². The molecule has 2 heteroatoms. The summed E-state index contributed by atoms with van der Waals surface area (Å²) in [6.07, 6.45) is 6.84. The molecule has 0 aromatic heterocycles. The number of hydrogen-bond donors (Lipinski definition) is 1. The van der Waals surface area contributed by atoms with Crippen molar-refractivity contribution in [3.8, 4) is 0 Å². The second-order valence-corrected chi connectivity index (χ2v) is 5.46. The zero-order chi connectivity index (χ0) is 11.7. The van der Waals surface area contributed by atoms with E-state index >= 15 is 0 Å². The molecular weight excluding hydrogens is 210 g/mol. The van der Waals surface area contributed by atoms with E-state index in [1.165, 1.54) is 24.8 Å². The van der Waals surface area contributed by atoms with E-state index in [4.69, 9.17) is 10.5 Å². The van der Waals surface area contributed by atoms with Crippen LogP contribution in [0.2, 0.25) is 0 Å². The molecule has 0 aliphatic carbocycles. The van der Waals surface area contributed by atoms with Crippen molar-refractivity contribution in [3.05, 3.63) is 35.9 Å². The van der Waals surface area contributed by atoms with Gasteiger partial charge in [0.1, 0.15) is 0 Å². The molecule has 1 aromatic rings. The number of benzene rings is 1. The van der Waals surface area contributed by atoms with Crippen LogP contribution in [0.15, 0.2) is 30.3 Å². The average molecular weight is 231 g/mol. The quantitative estimate of drug-likeness (QED) is 0.864. The maximum Gasteiger partial charge on any atom is 0.0623 e. The Labute approximate surface area is 103 Å². The molecule has 4 unspecified atom stereocenters. The minimum absolute atomic E-state index is 0.311. The van der Waals surface area contributed by atoms with Crippen molar-refractivity contribution in [2.75, 3.05) is 0 Å². The molecule has 2 bridgehead atoms. The Morgan fingerprint density at radius 1 is 1.24 bits per heavy atom. The summed E-state index contributed by atoms with van der Waals surface area (Å²) in [5, 5.41) is 0. The van der Waals surface area contributed by atoms with Crippen molar-refractivity contribution in [1.82, 2.24) is 0 Å². The van der Waals surface area contributed by atoms with Crippen LogP contribution in [0.25, 0.3) is 0 Å². The summed E-state index contributed by atoms with van der Waals surface area (Å²) >= 11 is 0. The molecule has 2 saturated heterocycles. The van der Waals surface area contributed by atoms with Crippen LogP contribution in [0.1, 0.15) is 31.2 Å². The van der Waals surface area contributed by atoms with Crippen LogP contribution < -0.4 is 5.73 Å². The van der Waals surface area contributed by atoms with Gasteiger partial charge in [-0.3, -0.25) is 0 Å². The first-order valence-corrected chi connectivity index (χ1v) is 6.78. The molecule has 0 amide bonds. The summed E-state index contributed by atoms with van der Waals surface area (Å²) in [5.41, 5.74) is 7.73. The summed E-state index contributed by atoms with van der Waals surface area (Å²) in [7, 11) is 0. The van der Waals surface area contributed by atoms with E-state index in [0.29, 0.717) is 24.2 Å². The number of aryl methyl sites for hydroxylation is 1. The van der Waals surface area contributed by atoms with Gasteiger partial charge in [0.2, 0.25) is 0 Å². The topological polar surface area (TPSA) is 35.2 Å². The van der Waals surface area contributed by atoms with Gasteiger partial charge >= 0.3 is 0 Å². The van der Waals surface area contributed by atoms with E-state index in [1.54, 1.807) is 0 Å². The monoisotopic (exact) mass is 231 g/mol. The molecule has 2 aliphatic heterocycles. The van der Waals surface area contributed by atoms with Crippen LogP contribution in [-0.2, 0) is 11.2 Å². The summed E-state index contributed by atoms with van der Waals surface area (Å²) in [6, 6.07) is 10.9. The van der Waals surface area contributed by atoms with Crippen LogP contribution in [0.3, 0.4) is 0 Å². The van der Waals surface area contributed by atoms with Crippen LogP contribution in [0.4, 0.5) is 0 Å². The zero-order valence-corrected chi connectivity index (χ0v) is 10.2. The van der Waals surface area contributed by atoms with Gasteiger partial charge in [0.25, 0.3) is 0 Å². The van der Waals surface area contributed by atoms with Gasteiger partial charge < -0.3 is 10.5 Å². The normalized spacial score (nSPS) is 32.9. The first-order chi connectivity index (χ1) is 8.33. The summed E-state index contributed by atoms with van der Waals surface area (Å²) in [5.74, 6) is 0.609. The molecule has 1 aromatic carbocycles. The summed E-state index contributed by atoms with van der Waals surface area (Å²) < 4.78 is 5.88. The van der Waals surface area contributed by atoms with Crippen LogP contribution in [0, 0.1) is 5.92 Å². The molecule has 2 aliphatic rings. The fourth-order valence-corrected chi connectivity index (χ4v) is 3.32. The van der Waals surface area contributed by atoms with Crippen LogP contribution in [0.5, 0.6) is 0 Å². The minimum atomic E-state index is 0.311. The van der Waals surface area contributed by atoms with E-state index in [1.807, 2.05) is 0 Å². The lowest BCUT2D eigenvalue weighted by Crippen LogP contribution is -2.36. The highest BCUT2D eigenvalue weighted by Gasteiger charge is 2.42. The van der Waals surface area contributed by atoms with Gasteiger partial charge in [-0.15, -0.1) is 0 Å². The molecule has 92 valence electrons. The lowest BCUT2D eigenvalue weighted by atomic mass is 9.82. The van der Waals surface area contributed by atoms with E-state index in [0.717, 1.165) is 12.8 Å². The molecular formula is C15H21NO. The maximum absolute atomic E-state index is 6.33. The molecule has 2 heterocycles. The van der Waals surface area contributed by atoms with Gasteiger partial charge in [0.15, 0.2) is 0 Å². The fraction of sp³-hybridized carbons (Fsp3) is 0.600. The van der Waals surface area contributed by atoms with Crippen molar-refractivity contribution in [2.45, 2.75) is 50.4 Å². The predicted octanol–water partition coefficient (Wildman–Crippen LogP) is 2.51. The number of rotatable bonds is 4. The Morgan fingerprint density at radius 2 is 2.06 bits per heavy atom. The SMILES string of the molecule is NC(CCc1ccccc1)C1CC2CCC1O2. The van der Waals surface area contributed by atoms with E-state index in [-0.39, 0.29) is 0 Å². The third-order valence-electron chi connectivity index (χ3n) is 4.31. The summed E-state index contributed by atoms with van der Waals surface area (Å²) in [4.78, 5) is 0. The van der Waals surface area contributed by atoms with Crippen molar-refractivity contribution in [3.63, 3.8) is 0 Å². The van der Waals surface area contributed by atoms with Gasteiger partial charge in [0.05, 0.1) is 12.2 Å². The number of nitrogens with two attached hydrogens (primary N) is 1. The standard InChI is InChI=1S/C15H21NO/c16-14(8-6-11-4-2-1-3-5-11)13-10-12-7-9-15(13)17-12/h1-5,12-15H,6-10,16H2. The highest BCUT2D eigenvalue weighted by atomic mass is 16.5.